The first-order valence-electron chi connectivity index (χ1n) is 24.7. The lowest BCUT2D eigenvalue weighted by atomic mass is 9.80. The molecule has 6 atom stereocenters. The maximum Gasteiger partial charge on any atom is 0.338 e. The van der Waals surface area contributed by atoms with E-state index < -0.39 is 62.7 Å². The normalized spacial score (nSPS) is 17.9. The van der Waals surface area contributed by atoms with Crippen LogP contribution in [-0.2, 0) is 43.1 Å². The van der Waals surface area contributed by atoms with E-state index in [1.807, 2.05) is 111 Å². The van der Waals surface area contributed by atoms with Gasteiger partial charge in [-0.25, -0.2) is 19.1 Å². The van der Waals surface area contributed by atoms with Gasteiger partial charge in [-0.15, -0.1) is 0 Å². The monoisotopic (exact) mass is 1040 g/mol. The van der Waals surface area contributed by atoms with Crippen molar-refractivity contribution in [3.05, 3.63) is 203 Å². The van der Waals surface area contributed by atoms with Gasteiger partial charge in [0.05, 0.1) is 69.8 Å². The fraction of sp³-hybridized carbons (Fsp3) is 0.322. The van der Waals surface area contributed by atoms with E-state index in [1.165, 1.54) is 0 Å². The summed E-state index contributed by atoms with van der Waals surface area (Å²) in [5, 5.41) is 9.45. The molecular formula is C59H63N2O13P. The van der Waals surface area contributed by atoms with Crippen LogP contribution in [-0.4, -0.2) is 106 Å². The van der Waals surface area contributed by atoms with E-state index >= 15 is 0 Å². The average molecular weight is 1040 g/mol. The molecule has 1 heterocycles. The van der Waals surface area contributed by atoms with Gasteiger partial charge in [0.15, 0.2) is 24.6 Å². The summed E-state index contributed by atoms with van der Waals surface area (Å²) >= 11 is 0. The van der Waals surface area contributed by atoms with E-state index in [-0.39, 0.29) is 61.6 Å². The summed E-state index contributed by atoms with van der Waals surface area (Å²) < 4.78 is 65.7. The third-order valence-electron chi connectivity index (χ3n) is 12.2. The quantitative estimate of drug-likeness (QED) is 0.0174. The van der Waals surface area contributed by atoms with Crippen molar-refractivity contribution >= 4 is 26.4 Å². The number of hydrogen-bond acceptors (Lipinski definition) is 15. The summed E-state index contributed by atoms with van der Waals surface area (Å²) in [4.78, 5) is 42.8. The van der Waals surface area contributed by atoms with Gasteiger partial charge in [0, 0.05) is 12.1 Å². The predicted octanol–water partition coefficient (Wildman–Crippen LogP) is 10.7. The predicted molar refractivity (Wildman–Crippen MR) is 281 cm³/mol. The third-order valence-corrected chi connectivity index (χ3v) is 14.3. The van der Waals surface area contributed by atoms with Gasteiger partial charge in [-0.2, -0.15) is 5.26 Å². The number of ether oxygens (including phenoxy) is 8. The zero-order valence-corrected chi connectivity index (χ0v) is 43.8. The fourth-order valence-electron chi connectivity index (χ4n) is 8.73. The molecule has 0 N–H and O–H groups in total. The van der Waals surface area contributed by atoms with Crippen molar-refractivity contribution in [1.82, 2.24) is 4.67 Å². The summed E-state index contributed by atoms with van der Waals surface area (Å²) in [6.07, 6.45) is -7.25. The summed E-state index contributed by atoms with van der Waals surface area (Å²) in [5.74, 6) is -1.06. The Labute approximate surface area is 440 Å². The van der Waals surface area contributed by atoms with Crippen molar-refractivity contribution in [2.75, 3.05) is 40.6 Å². The minimum absolute atomic E-state index is 0.0616. The van der Waals surface area contributed by atoms with Crippen LogP contribution >= 0.6 is 8.53 Å². The molecule has 1 aliphatic rings. The number of methoxy groups -OCH3 is 2. The highest BCUT2D eigenvalue weighted by Crippen LogP contribution is 2.47. The van der Waals surface area contributed by atoms with Gasteiger partial charge in [-0.1, -0.05) is 109 Å². The van der Waals surface area contributed by atoms with Crippen LogP contribution in [0.4, 0.5) is 0 Å². The molecule has 16 heteroatoms. The molecule has 75 heavy (non-hydrogen) atoms. The first-order valence-corrected chi connectivity index (χ1v) is 25.8. The Bertz CT molecular complexity index is 2690. The van der Waals surface area contributed by atoms with Gasteiger partial charge in [0.25, 0.3) is 8.53 Å². The van der Waals surface area contributed by atoms with Gasteiger partial charge in [0.2, 0.25) is 0 Å². The van der Waals surface area contributed by atoms with E-state index in [0.29, 0.717) is 11.5 Å². The number of esters is 3. The molecule has 6 aromatic rings. The minimum Gasteiger partial charge on any atom is -0.497 e. The smallest absolute Gasteiger partial charge is 0.338 e. The SMILES string of the molecule is COc1ccc(C(OCCOC2OC(COP(OCCC#N)N(C(C)C)C(C)C)C(OC(=O)c3ccccc3)C(OC(=O)c3ccccc3)C2OC(=O)c2ccccc2)(c2ccccc2)c2ccc(OC)cc2)cc1. The third kappa shape index (κ3) is 14.2. The lowest BCUT2D eigenvalue weighted by molar-refractivity contribution is -0.299. The lowest BCUT2D eigenvalue weighted by Crippen LogP contribution is -2.63. The first-order chi connectivity index (χ1) is 36.5. The van der Waals surface area contributed by atoms with Crippen LogP contribution in [0, 0.1) is 11.3 Å². The summed E-state index contributed by atoms with van der Waals surface area (Å²) in [5.41, 5.74) is 1.70. The molecule has 15 nitrogen and oxygen atoms in total. The van der Waals surface area contributed by atoms with Gasteiger partial charge >= 0.3 is 17.9 Å². The van der Waals surface area contributed by atoms with Crippen molar-refractivity contribution in [1.29, 1.82) is 5.26 Å². The molecule has 1 saturated heterocycles. The Morgan fingerprint density at radius 3 is 1.43 bits per heavy atom. The Hall–Kier alpha value is -6.99. The number of carbonyl (C=O) groups excluding carboxylic acids is 3. The molecule has 7 rings (SSSR count). The Morgan fingerprint density at radius 2 is 0.987 bits per heavy atom. The Morgan fingerprint density at radius 1 is 0.560 bits per heavy atom. The fourth-order valence-corrected chi connectivity index (χ4v) is 10.3. The number of hydrogen-bond donors (Lipinski definition) is 0. The van der Waals surface area contributed by atoms with E-state index in [1.54, 1.807) is 105 Å². The number of carbonyl (C=O) groups is 3. The highest BCUT2D eigenvalue weighted by atomic mass is 31.2. The molecule has 0 radical (unpaired) electrons. The minimum atomic E-state index is -1.87. The van der Waals surface area contributed by atoms with Gasteiger partial charge in [-0.05, 0) is 105 Å². The first kappa shape index (κ1) is 55.8. The number of benzene rings is 6. The standard InChI is InChI=1S/C59H63N2O13P/c1-41(2)61(42(3)4)75(69-37-19-36-60)70-40-51-52(72-55(62)43-20-11-7-12-21-43)53(73-56(63)44-22-13-8-14-23-44)54(74-57(64)45-24-15-9-16-25-45)58(71-51)67-38-39-68-59(46-26-17-10-18-27-46,47-28-32-49(65-5)33-29-47)48-30-34-50(66-6)35-31-48/h7-18,20-35,41-42,51-54,58H,19,37-40H2,1-6H3. The molecular weight excluding hydrogens is 976 g/mol. The molecule has 6 aromatic carbocycles. The van der Waals surface area contributed by atoms with Crippen LogP contribution in [0.15, 0.2) is 170 Å². The Balaban J connectivity index is 1.31. The second-order valence-corrected chi connectivity index (χ2v) is 19.3. The lowest BCUT2D eigenvalue weighted by Gasteiger charge is -2.45. The van der Waals surface area contributed by atoms with Crippen LogP contribution in [0.3, 0.4) is 0 Å². The summed E-state index contributed by atoms with van der Waals surface area (Å²) in [7, 11) is 1.33. The number of rotatable bonds is 25. The van der Waals surface area contributed by atoms with Crippen LogP contribution in [0.2, 0.25) is 0 Å². The van der Waals surface area contributed by atoms with E-state index in [2.05, 4.69) is 6.07 Å². The molecule has 392 valence electrons. The number of nitriles is 1. The van der Waals surface area contributed by atoms with Crippen molar-refractivity contribution in [3.63, 3.8) is 0 Å². The molecule has 0 aliphatic carbocycles. The second-order valence-electron chi connectivity index (χ2n) is 17.8. The van der Waals surface area contributed by atoms with Crippen molar-refractivity contribution in [3.8, 4) is 17.6 Å². The Kier molecular flexibility index (Phi) is 20.5. The maximum absolute atomic E-state index is 14.3. The molecule has 6 unspecified atom stereocenters. The largest absolute Gasteiger partial charge is 0.497 e. The summed E-state index contributed by atoms with van der Waals surface area (Å²) in [6, 6.07) is 51.8. The van der Waals surface area contributed by atoms with Gasteiger partial charge in [0.1, 0.15) is 23.2 Å². The average Bonchev–Trinajstić information content (AvgIpc) is 3.45. The highest BCUT2D eigenvalue weighted by molar-refractivity contribution is 7.44. The van der Waals surface area contributed by atoms with Crippen LogP contribution in [0.25, 0.3) is 0 Å². The van der Waals surface area contributed by atoms with Crippen molar-refractivity contribution < 1.29 is 61.3 Å². The zero-order chi connectivity index (χ0) is 53.2. The topological polar surface area (TPSA) is 171 Å². The molecule has 0 amide bonds. The van der Waals surface area contributed by atoms with Crippen molar-refractivity contribution in [2.45, 2.75) is 82.5 Å². The second kappa shape index (κ2) is 27.5. The van der Waals surface area contributed by atoms with E-state index in [0.717, 1.165) is 16.7 Å². The van der Waals surface area contributed by atoms with E-state index in [9.17, 15) is 19.6 Å². The molecule has 0 spiro atoms. The maximum atomic E-state index is 14.3. The molecule has 0 aromatic heterocycles. The molecule has 0 bridgehead atoms. The van der Waals surface area contributed by atoms with Gasteiger partial charge < -0.3 is 46.9 Å². The van der Waals surface area contributed by atoms with E-state index in [4.69, 9.17) is 46.9 Å². The summed E-state index contributed by atoms with van der Waals surface area (Å²) in [6.45, 7) is 7.52. The van der Waals surface area contributed by atoms with Gasteiger partial charge in [-0.3, -0.25) is 0 Å². The van der Waals surface area contributed by atoms with Crippen molar-refractivity contribution in [2.24, 2.45) is 0 Å². The molecule has 1 fully saturated rings. The highest BCUT2D eigenvalue weighted by Gasteiger charge is 2.54. The number of nitrogens with zero attached hydrogens (tertiary/aromatic N) is 2. The van der Waals surface area contributed by atoms with Crippen LogP contribution in [0.5, 0.6) is 11.5 Å². The van der Waals surface area contributed by atoms with Crippen LogP contribution < -0.4 is 9.47 Å². The van der Waals surface area contributed by atoms with Crippen LogP contribution in [0.1, 0.15) is 81.9 Å². The molecule has 0 saturated carbocycles. The zero-order valence-electron chi connectivity index (χ0n) is 42.9. The molecule has 1 aliphatic heterocycles.